The Morgan fingerprint density at radius 2 is 1.97 bits per heavy atom. The molecule has 0 radical (unpaired) electrons. The lowest BCUT2D eigenvalue weighted by molar-refractivity contribution is -0.176. The first kappa shape index (κ1) is 26.2. The van der Waals surface area contributed by atoms with Gasteiger partial charge in [0.05, 0.1) is 13.2 Å². The zero-order valence-electron chi connectivity index (χ0n) is 18.8. The van der Waals surface area contributed by atoms with Crippen molar-refractivity contribution in [3.05, 3.63) is 58.6 Å². The highest BCUT2D eigenvalue weighted by Crippen LogP contribution is 2.44. The minimum atomic E-state index is -3.87. The van der Waals surface area contributed by atoms with Crippen molar-refractivity contribution >= 4 is 17.9 Å². The zero-order chi connectivity index (χ0) is 25.4. The van der Waals surface area contributed by atoms with Crippen LogP contribution >= 0.6 is 0 Å². The topological polar surface area (TPSA) is 138 Å². The van der Waals surface area contributed by atoms with Gasteiger partial charge in [-0.05, 0) is 18.1 Å². The number of hydrogen-bond acceptors (Lipinski definition) is 9. The molecule has 190 valence electrons. The van der Waals surface area contributed by atoms with Crippen molar-refractivity contribution in [1.29, 1.82) is 0 Å². The van der Waals surface area contributed by atoms with Gasteiger partial charge in [0.25, 0.3) is 0 Å². The number of esters is 1. The fourth-order valence-electron chi connectivity index (χ4n) is 3.37. The minimum absolute atomic E-state index is 0.0461. The molecule has 2 aromatic rings. The largest absolute Gasteiger partial charge is 0.453 e. The standard InChI is InChI=1S/C22H25F2N3O8/c1-32-11-12-33-21(31)26-16-9-10-27(20(30)25-16)19-22(23,24)18(15(13-28)34-19)35-17(29)8-7-14-5-3-2-4-6-14/h2-6,9-10,15,18-19,28H,7-8,11-13H2,1H3,(H,25,26,30,31)/t15-,18-,19-/m1/s1. The number of amides is 1. The number of aliphatic hydroxyl groups excluding tert-OH is 1. The highest BCUT2D eigenvalue weighted by Gasteiger charge is 2.62. The van der Waals surface area contributed by atoms with Gasteiger partial charge in [-0.1, -0.05) is 30.3 Å². The van der Waals surface area contributed by atoms with Crippen LogP contribution in [0.2, 0.25) is 0 Å². The zero-order valence-corrected chi connectivity index (χ0v) is 18.8. The van der Waals surface area contributed by atoms with Gasteiger partial charge < -0.3 is 24.1 Å². The number of methoxy groups -OCH3 is 1. The Morgan fingerprint density at radius 1 is 1.23 bits per heavy atom. The average molecular weight is 497 g/mol. The lowest BCUT2D eigenvalue weighted by atomic mass is 10.1. The maximum atomic E-state index is 15.2. The van der Waals surface area contributed by atoms with Crippen molar-refractivity contribution in [2.75, 3.05) is 32.2 Å². The number of nitrogens with zero attached hydrogens (tertiary/aromatic N) is 2. The molecule has 2 N–H and O–H groups in total. The molecule has 1 aliphatic heterocycles. The second-order valence-corrected chi connectivity index (χ2v) is 7.54. The van der Waals surface area contributed by atoms with Crippen molar-refractivity contribution < 1.29 is 42.4 Å². The Balaban J connectivity index is 1.68. The third-order valence-electron chi connectivity index (χ3n) is 5.08. The van der Waals surface area contributed by atoms with E-state index in [4.69, 9.17) is 18.9 Å². The highest BCUT2D eigenvalue weighted by molar-refractivity contribution is 5.83. The molecule has 3 atom stereocenters. The molecule has 1 aromatic carbocycles. The molecule has 35 heavy (non-hydrogen) atoms. The lowest BCUT2D eigenvalue weighted by Crippen LogP contribution is -2.44. The summed E-state index contributed by atoms with van der Waals surface area (Å²) in [6.45, 7) is -0.770. The van der Waals surface area contributed by atoms with Gasteiger partial charge in [-0.3, -0.25) is 14.7 Å². The van der Waals surface area contributed by atoms with Gasteiger partial charge in [0.1, 0.15) is 18.5 Å². The van der Waals surface area contributed by atoms with E-state index in [0.717, 1.165) is 17.8 Å². The van der Waals surface area contributed by atoms with E-state index >= 15 is 8.78 Å². The average Bonchev–Trinajstić information content (AvgIpc) is 3.08. The highest BCUT2D eigenvalue weighted by atomic mass is 19.3. The van der Waals surface area contributed by atoms with Crippen LogP contribution in [0.3, 0.4) is 0 Å². The van der Waals surface area contributed by atoms with E-state index in [2.05, 4.69) is 10.3 Å². The van der Waals surface area contributed by atoms with Crippen LogP contribution in [0.15, 0.2) is 47.4 Å². The smallest absolute Gasteiger partial charge is 0.412 e. The van der Waals surface area contributed by atoms with Gasteiger partial charge in [-0.15, -0.1) is 0 Å². The molecule has 0 saturated carbocycles. The monoisotopic (exact) mass is 497 g/mol. The van der Waals surface area contributed by atoms with Gasteiger partial charge in [-0.25, -0.2) is 9.59 Å². The number of aromatic nitrogens is 2. The molecule has 1 aliphatic rings. The maximum absolute atomic E-state index is 15.2. The van der Waals surface area contributed by atoms with E-state index in [-0.39, 0.29) is 31.9 Å². The SMILES string of the molecule is COCCOC(=O)Nc1ccn([C@@H]2O[C@H](CO)[C@@H](OC(=O)CCc3ccccc3)C2(F)F)c(=O)n1. The van der Waals surface area contributed by atoms with E-state index in [1.54, 1.807) is 30.3 Å². The predicted octanol–water partition coefficient (Wildman–Crippen LogP) is 1.51. The van der Waals surface area contributed by atoms with Gasteiger partial charge in [0, 0.05) is 19.7 Å². The van der Waals surface area contributed by atoms with Crippen LogP contribution in [0, 0.1) is 0 Å². The van der Waals surface area contributed by atoms with Gasteiger partial charge in [0.2, 0.25) is 6.23 Å². The van der Waals surface area contributed by atoms with Crippen LogP contribution < -0.4 is 11.0 Å². The van der Waals surface area contributed by atoms with Crippen LogP contribution in [0.5, 0.6) is 0 Å². The van der Waals surface area contributed by atoms with Crippen molar-refractivity contribution in [2.24, 2.45) is 0 Å². The Bertz CT molecular complexity index is 1070. The summed E-state index contributed by atoms with van der Waals surface area (Å²) in [5.41, 5.74) is -0.346. The van der Waals surface area contributed by atoms with Crippen molar-refractivity contribution in [1.82, 2.24) is 9.55 Å². The van der Waals surface area contributed by atoms with Crippen LogP contribution in [-0.4, -0.2) is 71.8 Å². The molecule has 3 rings (SSSR count). The number of halogens is 2. The Kier molecular flexibility index (Phi) is 8.84. The number of rotatable bonds is 10. The third kappa shape index (κ3) is 6.59. The molecule has 0 bridgehead atoms. The van der Waals surface area contributed by atoms with Gasteiger partial charge >= 0.3 is 23.7 Å². The first-order valence-electron chi connectivity index (χ1n) is 10.7. The van der Waals surface area contributed by atoms with E-state index in [0.29, 0.717) is 4.57 Å². The summed E-state index contributed by atoms with van der Waals surface area (Å²) >= 11 is 0. The Labute approximate surface area is 198 Å². The molecule has 0 unspecified atom stereocenters. The lowest BCUT2D eigenvalue weighted by Gasteiger charge is -2.24. The number of carbonyl (C=O) groups is 2. The maximum Gasteiger partial charge on any atom is 0.412 e. The van der Waals surface area contributed by atoms with E-state index in [1.807, 2.05) is 0 Å². The first-order chi connectivity index (χ1) is 16.8. The van der Waals surface area contributed by atoms with Crippen molar-refractivity contribution in [3.8, 4) is 0 Å². The normalized spacial score (nSPS) is 20.9. The molecule has 1 fully saturated rings. The molecule has 11 nitrogen and oxygen atoms in total. The van der Waals surface area contributed by atoms with Crippen LogP contribution in [0.1, 0.15) is 18.2 Å². The number of aryl methyl sites for hydroxylation is 1. The van der Waals surface area contributed by atoms with Crippen LogP contribution in [0.25, 0.3) is 0 Å². The summed E-state index contributed by atoms with van der Waals surface area (Å²) in [6.07, 6.45) is -5.77. The minimum Gasteiger partial charge on any atom is -0.453 e. The molecule has 2 heterocycles. The number of anilines is 1. The molecule has 1 amide bonds. The van der Waals surface area contributed by atoms with Crippen LogP contribution in [0.4, 0.5) is 19.4 Å². The molecule has 1 saturated heterocycles. The second-order valence-electron chi connectivity index (χ2n) is 7.54. The second kappa shape index (κ2) is 11.8. The molecule has 1 aromatic heterocycles. The summed E-state index contributed by atoms with van der Waals surface area (Å²) in [5.74, 6) is -5.01. The summed E-state index contributed by atoms with van der Waals surface area (Å²) < 4.78 is 50.5. The fourth-order valence-corrected chi connectivity index (χ4v) is 3.37. The third-order valence-corrected chi connectivity index (χ3v) is 5.08. The fraction of sp³-hybridized carbons (Fsp3) is 0.455. The van der Waals surface area contributed by atoms with Gasteiger partial charge in [0.15, 0.2) is 6.10 Å². The summed E-state index contributed by atoms with van der Waals surface area (Å²) in [6, 6.07) is 10.0. The van der Waals surface area contributed by atoms with Crippen molar-refractivity contribution in [3.63, 3.8) is 0 Å². The summed E-state index contributed by atoms with van der Waals surface area (Å²) in [5, 5.41) is 11.7. The Morgan fingerprint density at radius 3 is 2.63 bits per heavy atom. The summed E-state index contributed by atoms with van der Waals surface area (Å²) in [4.78, 5) is 39.8. The van der Waals surface area contributed by atoms with E-state index < -0.39 is 48.7 Å². The number of benzene rings is 1. The number of hydrogen-bond donors (Lipinski definition) is 2. The quantitative estimate of drug-likeness (QED) is 0.369. The van der Waals surface area contributed by atoms with E-state index in [1.165, 1.54) is 7.11 Å². The first-order valence-corrected chi connectivity index (χ1v) is 10.7. The number of ether oxygens (including phenoxy) is 4. The molecular formula is C22H25F2N3O8. The van der Waals surface area contributed by atoms with Gasteiger partial charge in [-0.2, -0.15) is 13.8 Å². The van der Waals surface area contributed by atoms with Crippen LogP contribution in [-0.2, 0) is 30.2 Å². The van der Waals surface area contributed by atoms with Crippen molar-refractivity contribution in [2.45, 2.75) is 37.2 Å². The van der Waals surface area contributed by atoms with E-state index in [9.17, 15) is 19.5 Å². The molecule has 0 spiro atoms. The molecule has 0 aliphatic carbocycles. The number of nitrogens with one attached hydrogen (secondary N) is 1. The number of aliphatic hydroxyl groups is 1. The number of carbonyl (C=O) groups excluding carboxylic acids is 2. The molecule has 13 heteroatoms. The number of alkyl halides is 2. The summed E-state index contributed by atoms with van der Waals surface area (Å²) in [7, 11) is 1.42. The Hall–Kier alpha value is -3.42. The predicted molar refractivity (Wildman–Crippen MR) is 116 cm³/mol. The molecular weight excluding hydrogens is 472 g/mol.